The predicted octanol–water partition coefficient (Wildman–Crippen LogP) is 5.95. The lowest BCUT2D eigenvalue weighted by Crippen LogP contribution is -2.29. The summed E-state index contributed by atoms with van der Waals surface area (Å²) in [6.07, 6.45) is 12.1. The molecule has 2 fully saturated rings. The van der Waals surface area contributed by atoms with Crippen LogP contribution in [-0.2, 0) is 0 Å². The molecule has 0 aromatic heterocycles. The topological polar surface area (TPSA) is 58.2 Å². The first kappa shape index (κ1) is 19.3. The van der Waals surface area contributed by atoms with E-state index in [1.54, 1.807) is 12.1 Å². The van der Waals surface area contributed by atoms with E-state index < -0.39 is 0 Å². The van der Waals surface area contributed by atoms with Gasteiger partial charge in [-0.3, -0.25) is 9.59 Å². The third kappa shape index (κ3) is 3.53. The molecule has 0 spiro atoms. The maximum Gasteiger partial charge on any atom is 0.196 e. The lowest BCUT2D eigenvalue weighted by molar-refractivity contribution is 0.0979. The van der Waals surface area contributed by atoms with Crippen LogP contribution in [0.3, 0.4) is 0 Å². The minimum absolute atomic E-state index is 0.0363. The second-order valence-electron chi connectivity index (χ2n) is 9.07. The van der Waals surface area contributed by atoms with Crippen molar-refractivity contribution in [3.05, 3.63) is 58.7 Å². The molecule has 3 aliphatic carbocycles. The summed E-state index contributed by atoms with van der Waals surface area (Å²) in [5.41, 5.74) is 3.96. The molecule has 0 saturated heterocycles. The summed E-state index contributed by atoms with van der Waals surface area (Å²) < 4.78 is 0. The molecule has 0 radical (unpaired) electrons. The number of ketones is 2. The van der Waals surface area contributed by atoms with Crippen LogP contribution in [0.15, 0.2) is 36.4 Å². The predicted molar refractivity (Wildman–Crippen MR) is 121 cm³/mol. The van der Waals surface area contributed by atoms with Gasteiger partial charge in [-0.2, -0.15) is 0 Å². The second kappa shape index (κ2) is 8.25. The van der Waals surface area contributed by atoms with Gasteiger partial charge >= 0.3 is 0 Å². The first-order valence-electron chi connectivity index (χ1n) is 11.6. The fourth-order valence-electron chi connectivity index (χ4n) is 5.37. The molecule has 4 nitrogen and oxygen atoms in total. The Bertz CT molecular complexity index is 969. The molecule has 156 valence electrons. The van der Waals surface area contributed by atoms with Crippen molar-refractivity contribution in [3.8, 4) is 0 Å². The van der Waals surface area contributed by atoms with E-state index in [-0.39, 0.29) is 11.6 Å². The Kier molecular flexibility index (Phi) is 5.32. The van der Waals surface area contributed by atoms with Gasteiger partial charge in [0.2, 0.25) is 0 Å². The van der Waals surface area contributed by atoms with Gasteiger partial charge in [0.1, 0.15) is 0 Å². The number of carbonyl (C=O) groups is 2. The number of fused-ring (bicyclic) bond motifs is 2. The molecule has 2 aromatic carbocycles. The van der Waals surface area contributed by atoms with Gasteiger partial charge in [0.15, 0.2) is 11.6 Å². The van der Waals surface area contributed by atoms with E-state index in [1.165, 1.54) is 38.5 Å². The highest BCUT2D eigenvalue weighted by Gasteiger charge is 2.33. The monoisotopic (exact) mass is 402 g/mol. The summed E-state index contributed by atoms with van der Waals surface area (Å²) in [6.45, 7) is 0. The highest BCUT2D eigenvalue weighted by atomic mass is 16.1. The zero-order valence-corrected chi connectivity index (χ0v) is 17.5. The third-order valence-corrected chi connectivity index (χ3v) is 7.01. The van der Waals surface area contributed by atoms with Gasteiger partial charge in [-0.05, 0) is 37.8 Å². The number of anilines is 2. The highest BCUT2D eigenvalue weighted by Crippen LogP contribution is 2.39. The zero-order chi connectivity index (χ0) is 20.5. The zero-order valence-electron chi connectivity index (χ0n) is 17.5. The summed E-state index contributed by atoms with van der Waals surface area (Å²) in [6, 6.07) is 11.9. The minimum Gasteiger partial charge on any atom is -0.381 e. The smallest absolute Gasteiger partial charge is 0.196 e. The van der Waals surface area contributed by atoms with Gasteiger partial charge < -0.3 is 10.6 Å². The molecule has 0 unspecified atom stereocenters. The van der Waals surface area contributed by atoms with Crippen LogP contribution in [0.5, 0.6) is 0 Å². The van der Waals surface area contributed by atoms with E-state index in [1.807, 2.05) is 24.3 Å². The van der Waals surface area contributed by atoms with Crippen LogP contribution in [0, 0.1) is 0 Å². The summed E-state index contributed by atoms with van der Waals surface area (Å²) >= 11 is 0. The number of benzene rings is 2. The largest absolute Gasteiger partial charge is 0.381 e. The van der Waals surface area contributed by atoms with Crippen molar-refractivity contribution >= 4 is 22.9 Å². The van der Waals surface area contributed by atoms with Gasteiger partial charge in [-0.1, -0.05) is 62.8 Å². The van der Waals surface area contributed by atoms with Gasteiger partial charge in [0, 0.05) is 28.8 Å². The van der Waals surface area contributed by atoms with Gasteiger partial charge in [-0.25, -0.2) is 0 Å². The van der Waals surface area contributed by atoms with Crippen LogP contribution < -0.4 is 10.6 Å². The Morgan fingerprint density at radius 2 is 1.17 bits per heavy atom. The molecule has 0 aliphatic heterocycles. The van der Waals surface area contributed by atoms with Crippen molar-refractivity contribution in [1.82, 2.24) is 0 Å². The van der Waals surface area contributed by atoms with Crippen molar-refractivity contribution in [2.75, 3.05) is 10.6 Å². The third-order valence-electron chi connectivity index (χ3n) is 7.01. The van der Waals surface area contributed by atoms with E-state index in [4.69, 9.17) is 0 Å². The second-order valence-corrected chi connectivity index (χ2v) is 9.07. The minimum atomic E-state index is -0.0453. The lowest BCUT2D eigenvalue weighted by atomic mass is 9.82. The van der Waals surface area contributed by atoms with Crippen LogP contribution in [0.2, 0.25) is 0 Å². The first-order chi connectivity index (χ1) is 14.7. The maximum atomic E-state index is 13.5. The highest BCUT2D eigenvalue weighted by molar-refractivity contribution is 6.30. The first-order valence-corrected chi connectivity index (χ1v) is 11.6. The molecule has 0 atom stereocenters. The number of carbonyl (C=O) groups excluding carboxylic acids is 2. The molecule has 0 amide bonds. The van der Waals surface area contributed by atoms with E-state index >= 15 is 0 Å². The number of rotatable bonds is 4. The standard InChI is InChI=1S/C26H30N2O2/c29-25-19-13-7-8-14-20(19)26(30)23-21(25)15-16-22(27-17-9-3-1-4-10-17)24(23)28-18-11-5-2-6-12-18/h7-8,13-18,27-28H,1-6,9-12H2. The Morgan fingerprint density at radius 1 is 0.600 bits per heavy atom. The van der Waals surface area contributed by atoms with E-state index in [0.717, 1.165) is 37.1 Å². The molecular weight excluding hydrogens is 372 g/mol. The summed E-state index contributed by atoms with van der Waals surface area (Å²) in [5, 5.41) is 7.44. The van der Waals surface area contributed by atoms with Crippen molar-refractivity contribution < 1.29 is 9.59 Å². The molecule has 2 aromatic rings. The van der Waals surface area contributed by atoms with Crippen molar-refractivity contribution in [1.29, 1.82) is 0 Å². The molecule has 2 saturated carbocycles. The van der Waals surface area contributed by atoms with Crippen LogP contribution in [0.1, 0.15) is 96.1 Å². The molecular formula is C26H30N2O2. The average Bonchev–Trinajstić information content (AvgIpc) is 2.80. The van der Waals surface area contributed by atoms with E-state index in [2.05, 4.69) is 10.6 Å². The molecule has 30 heavy (non-hydrogen) atoms. The van der Waals surface area contributed by atoms with Gasteiger partial charge in [-0.15, -0.1) is 0 Å². The lowest BCUT2D eigenvalue weighted by Gasteiger charge is -2.31. The Morgan fingerprint density at radius 3 is 1.80 bits per heavy atom. The molecule has 4 heteroatoms. The van der Waals surface area contributed by atoms with Crippen LogP contribution in [-0.4, -0.2) is 23.7 Å². The van der Waals surface area contributed by atoms with Crippen molar-refractivity contribution in [2.24, 2.45) is 0 Å². The normalized spacial score (nSPS) is 19.9. The van der Waals surface area contributed by atoms with Crippen molar-refractivity contribution in [3.63, 3.8) is 0 Å². The van der Waals surface area contributed by atoms with Gasteiger partial charge in [0.05, 0.1) is 16.9 Å². The van der Waals surface area contributed by atoms with E-state index in [0.29, 0.717) is 34.3 Å². The Balaban J connectivity index is 1.58. The van der Waals surface area contributed by atoms with Crippen LogP contribution in [0.4, 0.5) is 11.4 Å². The fraction of sp³-hybridized carbons (Fsp3) is 0.462. The maximum absolute atomic E-state index is 13.5. The van der Waals surface area contributed by atoms with Gasteiger partial charge in [0.25, 0.3) is 0 Å². The van der Waals surface area contributed by atoms with Crippen LogP contribution in [0.25, 0.3) is 0 Å². The quantitative estimate of drug-likeness (QED) is 0.566. The number of hydrogen-bond donors (Lipinski definition) is 2. The number of hydrogen-bond acceptors (Lipinski definition) is 4. The summed E-state index contributed by atoms with van der Waals surface area (Å²) in [5.74, 6) is -0.0816. The molecule has 0 bridgehead atoms. The summed E-state index contributed by atoms with van der Waals surface area (Å²) in [4.78, 5) is 26.7. The summed E-state index contributed by atoms with van der Waals surface area (Å²) in [7, 11) is 0. The van der Waals surface area contributed by atoms with E-state index in [9.17, 15) is 9.59 Å². The fourth-order valence-corrected chi connectivity index (χ4v) is 5.37. The molecule has 3 aliphatic rings. The Hall–Kier alpha value is -2.62. The van der Waals surface area contributed by atoms with Crippen LogP contribution >= 0.6 is 0 Å². The van der Waals surface area contributed by atoms with Crippen molar-refractivity contribution in [2.45, 2.75) is 76.3 Å². The molecule has 5 rings (SSSR count). The average molecular weight is 403 g/mol. The SMILES string of the molecule is O=C1c2ccccc2C(=O)c2c1ccc(NC1CCCCC1)c2NC1CCCCC1. The molecule has 2 N–H and O–H groups in total. The Labute approximate surface area is 178 Å². The number of nitrogens with one attached hydrogen (secondary N) is 2. The molecule has 0 heterocycles.